The van der Waals surface area contributed by atoms with Crippen LogP contribution < -0.4 is 5.32 Å². The molecule has 3 aromatic rings. The number of carbonyl (C=O) groups is 4. The minimum absolute atomic E-state index is 0.0105. The summed E-state index contributed by atoms with van der Waals surface area (Å²) in [6, 6.07) is 9.56. The standard InChI is InChI=1S/C41H45N3O12S2/c1-4-22-20(2)55-31(18-26(22)44-13-14-54-41(53-3)40(44)52)56-28-17-21(27(46)19-45)16-24-33(28)39(51)35-34(37(24)49)36(48)23-8-7-9-25(32(23)38(35)50)43-29(47)11-15-57-58-30-10-5-6-12-42-30/h4-10,12,20-22,26,28,31,40-41,45,49,51-52H,1,11,13-19H2,2-3H3,(H,43,47)/t20-,21?,22+,26-,28-,31-,40+,41-/m0/s1. The molecule has 58 heavy (non-hydrogen) atoms. The first kappa shape index (κ1) is 42.0. The van der Waals surface area contributed by atoms with Crippen LogP contribution in [0.15, 0.2) is 60.3 Å². The number of phenolic OH excluding ortho intramolecular Hbond substituents is 2. The number of methoxy groups -OCH3 is 1. The predicted molar refractivity (Wildman–Crippen MR) is 212 cm³/mol. The monoisotopic (exact) mass is 835 g/mol. The number of pyridine rings is 1. The van der Waals surface area contributed by atoms with Crippen molar-refractivity contribution in [3.63, 3.8) is 0 Å². The number of aromatic hydroxyl groups is 2. The summed E-state index contributed by atoms with van der Waals surface area (Å²) in [5.74, 6) is -4.39. The van der Waals surface area contributed by atoms with Gasteiger partial charge in [-0.05, 0) is 48.8 Å². The second kappa shape index (κ2) is 18.0. The maximum atomic E-state index is 14.5. The van der Waals surface area contributed by atoms with Crippen LogP contribution in [0.1, 0.15) is 75.3 Å². The van der Waals surface area contributed by atoms with E-state index in [1.165, 1.54) is 46.9 Å². The summed E-state index contributed by atoms with van der Waals surface area (Å²) >= 11 is 0. The van der Waals surface area contributed by atoms with Gasteiger partial charge in [0.25, 0.3) is 0 Å². The molecule has 17 heteroatoms. The van der Waals surface area contributed by atoms with Crippen LogP contribution in [0.5, 0.6) is 11.5 Å². The van der Waals surface area contributed by atoms with Crippen molar-refractivity contribution in [3.8, 4) is 11.5 Å². The minimum Gasteiger partial charge on any atom is -0.507 e. The Hall–Kier alpha value is -4.17. The number of hydrogen-bond donors (Lipinski definition) is 5. The van der Waals surface area contributed by atoms with Crippen molar-refractivity contribution < 1.29 is 58.6 Å². The first-order chi connectivity index (χ1) is 28.0. The largest absolute Gasteiger partial charge is 0.507 e. The number of carbonyl (C=O) groups excluding carboxylic acids is 4. The van der Waals surface area contributed by atoms with Gasteiger partial charge in [-0.15, -0.1) is 6.58 Å². The van der Waals surface area contributed by atoms with Crippen molar-refractivity contribution in [2.24, 2.45) is 11.8 Å². The maximum absolute atomic E-state index is 14.5. The molecule has 0 saturated carbocycles. The maximum Gasteiger partial charge on any atom is 0.225 e. The van der Waals surface area contributed by atoms with Crippen molar-refractivity contribution in [1.29, 1.82) is 0 Å². The number of aliphatic hydroxyl groups excluding tert-OH is 2. The van der Waals surface area contributed by atoms with Gasteiger partial charge in [-0.2, -0.15) is 0 Å². The molecule has 1 amide bonds. The Morgan fingerprint density at radius 1 is 1.09 bits per heavy atom. The number of benzene rings is 2. The van der Waals surface area contributed by atoms with E-state index in [0.29, 0.717) is 18.9 Å². The number of phenols is 2. The Morgan fingerprint density at radius 2 is 1.88 bits per heavy atom. The lowest BCUT2D eigenvalue weighted by atomic mass is 9.73. The van der Waals surface area contributed by atoms with Crippen LogP contribution in [0, 0.1) is 11.8 Å². The molecule has 0 bridgehead atoms. The number of ether oxygens (including phenoxy) is 4. The van der Waals surface area contributed by atoms with Crippen LogP contribution in [0.2, 0.25) is 0 Å². The molecule has 8 atom stereocenters. The summed E-state index contributed by atoms with van der Waals surface area (Å²) in [5, 5.41) is 48.4. The molecule has 0 radical (unpaired) electrons. The van der Waals surface area contributed by atoms with Crippen molar-refractivity contribution >= 4 is 50.5 Å². The van der Waals surface area contributed by atoms with E-state index in [4.69, 9.17) is 18.9 Å². The average molecular weight is 836 g/mol. The normalized spacial score (nSPS) is 27.0. The smallest absolute Gasteiger partial charge is 0.225 e. The lowest BCUT2D eigenvalue weighted by molar-refractivity contribution is -0.285. The molecule has 7 rings (SSSR count). The highest BCUT2D eigenvalue weighted by Gasteiger charge is 2.47. The van der Waals surface area contributed by atoms with E-state index in [9.17, 15) is 39.6 Å². The second-order valence-electron chi connectivity index (χ2n) is 14.5. The summed E-state index contributed by atoms with van der Waals surface area (Å²) in [6.45, 7) is 5.70. The number of anilines is 1. The summed E-state index contributed by atoms with van der Waals surface area (Å²) in [4.78, 5) is 60.8. The highest BCUT2D eigenvalue weighted by Crippen LogP contribution is 2.52. The van der Waals surface area contributed by atoms with Crippen LogP contribution >= 0.6 is 21.6 Å². The number of fused-ring (bicyclic) bond motifs is 3. The summed E-state index contributed by atoms with van der Waals surface area (Å²) in [5.41, 5.74) is -0.988. The number of amides is 1. The second-order valence-corrected chi connectivity index (χ2v) is 16.9. The number of ketones is 3. The van der Waals surface area contributed by atoms with Gasteiger partial charge in [0.15, 0.2) is 36.2 Å². The molecule has 2 aliphatic carbocycles. The van der Waals surface area contributed by atoms with Crippen LogP contribution in [0.25, 0.3) is 0 Å². The Morgan fingerprint density at radius 3 is 2.60 bits per heavy atom. The minimum atomic E-state index is -1.15. The Kier molecular flexibility index (Phi) is 13.0. The molecule has 2 aliphatic heterocycles. The Bertz CT molecular complexity index is 2090. The van der Waals surface area contributed by atoms with Crippen LogP contribution in [-0.4, -0.2) is 117 Å². The Labute approximate surface area is 342 Å². The number of Topliss-reactive ketones (excluding diaryl/α,β-unsaturated/α-hetero) is 1. The molecule has 15 nitrogen and oxygen atoms in total. The molecular weight excluding hydrogens is 791 g/mol. The lowest BCUT2D eigenvalue weighted by Gasteiger charge is -2.49. The number of nitrogens with zero attached hydrogens (tertiary/aromatic N) is 2. The lowest BCUT2D eigenvalue weighted by Crippen LogP contribution is -2.61. The molecule has 0 spiro atoms. The third-order valence-electron chi connectivity index (χ3n) is 11.2. The zero-order chi connectivity index (χ0) is 41.2. The predicted octanol–water partition coefficient (Wildman–Crippen LogP) is 4.15. The van der Waals surface area contributed by atoms with Gasteiger partial charge >= 0.3 is 0 Å². The van der Waals surface area contributed by atoms with E-state index in [2.05, 4.69) is 16.9 Å². The molecular formula is C41H45N3O12S2. The van der Waals surface area contributed by atoms with Gasteiger partial charge in [-0.3, -0.25) is 24.1 Å². The number of hydrogen-bond acceptors (Lipinski definition) is 16. The van der Waals surface area contributed by atoms with E-state index >= 15 is 0 Å². The highest BCUT2D eigenvalue weighted by atomic mass is 33.1. The van der Waals surface area contributed by atoms with E-state index in [1.807, 2.05) is 30.0 Å². The number of morpholine rings is 1. The number of aromatic nitrogens is 1. The van der Waals surface area contributed by atoms with Gasteiger partial charge in [-0.25, -0.2) is 4.98 Å². The third kappa shape index (κ3) is 8.07. The van der Waals surface area contributed by atoms with Gasteiger partial charge in [0.1, 0.15) is 23.1 Å². The molecule has 1 aromatic heterocycles. The number of rotatable bonds is 13. The number of nitrogens with one attached hydrogen (secondary N) is 1. The van der Waals surface area contributed by atoms with Gasteiger partial charge in [-0.1, -0.05) is 35.1 Å². The van der Waals surface area contributed by atoms with E-state index in [0.717, 1.165) is 5.03 Å². The molecule has 2 aromatic carbocycles. The van der Waals surface area contributed by atoms with Gasteiger partial charge in [0.2, 0.25) is 5.91 Å². The highest BCUT2D eigenvalue weighted by molar-refractivity contribution is 8.76. The average Bonchev–Trinajstić information content (AvgIpc) is 3.22. The quantitative estimate of drug-likeness (QED) is 0.0554. The van der Waals surface area contributed by atoms with Gasteiger partial charge < -0.3 is 44.7 Å². The summed E-state index contributed by atoms with van der Waals surface area (Å²) < 4.78 is 23.8. The summed E-state index contributed by atoms with van der Waals surface area (Å²) in [7, 11) is 4.29. The van der Waals surface area contributed by atoms with Crippen molar-refractivity contribution in [3.05, 3.63) is 88.6 Å². The van der Waals surface area contributed by atoms with Crippen molar-refractivity contribution in [2.75, 3.05) is 37.9 Å². The van der Waals surface area contributed by atoms with Crippen molar-refractivity contribution in [2.45, 2.75) is 74.7 Å². The van der Waals surface area contributed by atoms with E-state index in [-0.39, 0.29) is 65.6 Å². The van der Waals surface area contributed by atoms with E-state index < -0.39 is 89.4 Å². The first-order valence-electron chi connectivity index (χ1n) is 19.0. The number of aliphatic hydroxyl groups is 2. The van der Waals surface area contributed by atoms with Crippen LogP contribution in [0.4, 0.5) is 5.69 Å². The first-order valence-corrected chi connectivity index (χ1v) is 21.3. The molecule has 3 heterocycles. The molecule has 5 N–H and O–H groups in total. The van der Waals surface area contributed by atoms with Gasteiger partial charge in [0.05, 0.1) is 41.2 Å². The van der Waals surface area contributed by atoms with E-state index in [1.54, 1.807) is 12.3 Å². The fourth-order valence-electron chi connectivity index (χ4n) is 8.42. The fraction of sp³-hybridized carbons (Fsp3) is 0.439. The Balaban J connectivity index is 1.19. The van der Waals surface area contributed by atoms with Crippen LogP contribution in [-0.2, 0) is 35.0 Å². The van der Waals surface area contributed by atoms with Crippen molar-refractivity contribution in [1.82, 2.24) is 9.88 Å². The van der Waals surface area contributed by atoms with Crippen LogP contribution in [0.3, 0.4) is 0 Å². The molecule has 2 saturated heterocycles. The zero-order valence-electron chi connectivity index (χ0n) is 31.9. The molecule has 4 aliphatic rings. The summed E-state index contributed by atoms with van der Waals surface area (Å²) in [6.07, 6.45) is -1.09. The zero-order valence-corrected chi connectivity index (χ0v) is 33.5. The SMILES string of the molecule is C=C[C@@H]1[C@H](C)O[C@@H](O[C@H]2CC(C(=O)CO)Cc3c(O)c4c(c(O)c32)C(=O)c2c(NC(=O)CCSSc3ccccn3)cccc2C4=O)C[C@@H]1N1CCO[C@H](OC)[C@H]1O. The fourth-order valence-corrected chi connectivity index (χ4v) is 10.3. The topological polar surface area (TPSA) is 214 Å². The molecule has 1 unspecified atom stereocenters. The van der Waals surface area contributed by atoms with Gasteiger partial charge in [0, 0.05) is 73.0 Å². The third-order valence-corrected chi connectivity index (χ3v) is 13.4. The molecule has 2 fully saturated rings. The molecule has 308 valence electrons.